The number of nitrogens with zero attached hydrogens (tertiary/aromatic N) is 1. The van der Waals surface area contributed by atoms with Crippen LogP contribution in [0.1, 0.15) is 37.9 Å². The van der Waals surface area contributed by atoms with Crippen molar-refractivity contribution in [1.82, 2.24) is 4.98 Å². The van der Waals surface area contributed by atoms with E-state index in [2.05, 4.69) is 31.0 Å². The second kappa shape index (κ2) is 6.12. The maximum absolute atomic E-state index is 6.29. The molecule has 0 aliphatic rings. The molecule has 0 amide bonds. The molecule has 2 heteroatoms. The van der Waals surface area contributed by atoms with Gasteiger partial charge in [-0.15, -0.1) is 11.6 Å². The summed E-state index contributed by atoms with van der Waals surface area (Å²) in [6.45, 7) is 6.50. The standard InChI is InChI=1S/C13H20ClN/c1-4-10(2)7-12(14)8-13-6-5-11(3)9-15-13/h5-6,9-10,12H,4,7-8H2,1-3H3. The zero-order valence-electron chi connectivity index (χ0n) is 9.83. The van der Waals surface area contributed by atoms with Crippen LogP contribution in [-0.4, -0.2) is 10.4 Å². The number of halogens is 1. The fourth-order valence-electron chi connectivity index (χ4n) is 1.53. The fraction of sp³-hybridized carbons (Fsp3) is 0.615. The van der Waals surface area contributed by atoms with Crippen LogP contribution in [0.15, 0.2) is 18.3 Å². The number of aryl methyl sites for hydroxylation is 1. The molecule has 1 nitrogen and oxygen atoms in total. The summed E-state index contributed by atoms with van der Waals surface area (Å²) in [5, 5.41) is 0.218. The third kappa shape index (κ3) is 4.65. The molecule has 84 valence electrons. The van der Waals surface area contributed by atoms with Gasteiger partial charge in [0.05, 0.1) is 0 Å². The molecule has 15 heavy (non-hydrogen) atoms. The van der Waals surface area contributed by atoms with E-state index in [4.69, 9.17) is 11.6 Å². The van der Waals surface area contributed by atoms with Crippen LogP contribution >= 0.6 is 11.6 Å². The number of aromatic nitrogens is 1. The van der Waals surface area contributed by atoms with E-state index in [1.807, 2.05) is 13.1 Å². The summed E-state index contributed by atoms with van der Waals surface area (Å²) in [5.41, 5.74) is 2.30. The predicted octanol–water partition coefficient (Wildman–Crippen LogP) is 3.98. The minimum absolute atomic E-state index is 0.218. The Labute approximate surface area is 97.9 Å². The summed E-state index contributed by atoms with van der Waals surface area (Å²) < 4.78 is 0. The van der Waals surface area contributed by atoms with Crippen LogP contribution in [0.5, 0.6) is 0 Å². The molecule has 0 N–H and O–H groups in total. The SMILES string of the molecule is CCC(C)CC(Cl)Cc1ccc(C)cn1. The molecule has 0 radical (unpaired) electrons. The van der Waals surface area contributed by atoms with Crippen molar-refractivity contribution in [2.24, 2.45) is 5.92 Å². The Bertz CT molecular complexity index is 281. The molecule has 0 fully saturated rings. The monoisotopic (exact) mass is 225 g/mol. The van der Waals surface area contributed by atoms with Crippen molar-refractivity contribution < 1.29 is 0 Å². The van der Waals surface area contributed by atoms with E-state index < -0.39 is 0 Å². The smallest absolute Gasteiger partial charge is 0.0418 e. The molecule has 0 bridgehead atoms. The first-order valence-corrected chi connectivity index (χ1v) is 6.11. The van der Waals surface area contributed by atoms with E-state index in [0.717, 1.165) is 18.5 Å². The first-order chi connectivity index (χ1) is 7.11. The summed E-state index contributed by atoms with van der Waals surface area (Å²) in [7, 11) is 0. The molecular weight excluding hydrogens is 206 g/mol. The van der Waals surface area contributed by atoms with Gasteiger partial charge in [0.1, 0.15) is 0 Å². The number of rotatable bonds is 5. The normalized spacial score (nSPS) is 14.9. The molecule has 0 aromatic carbocycles. The Morgan fingerprint density at radius 2 is 2.13 bits per heavy atom. The first kappa shape index (κ1) is 12.5. The molecule has 1 aromatic rings. The predicted molar refractivity (Wildman–Crippen MR) is 66.4 cm³/mol. The van der Waals surface area contributed by atoms with Crippen LogP contribution in [-0.2, 0) is 6.42 Å². The van der Waals surface area contributed by atoms with Crippen LogP contribution < -0.4 is 0 Å². The number of pyridine rings is 1. The van der Waals surface area contributed by atoms with Gasteiger partial charge in [-0.25, -0.2) is 0 Å². The van der Waals surface area contributed by atoms with Crippen molar-refractivity contribution in [3.05, 3.63) is 29.6 Å². The second-order valence-electron chi connectivity index (χ2n) is 4.38. The lowest BCUT2D eigenvalue weighted by molar-refractivity contribution is 0.498. The maximum atomic E-state index is 6.29. The summed E-state index contributed by atoms with van der Waals surface area (Å²) >= 11 is 6.29. The topological polar surface area (TPSA) is 12.9 Å². The molecule has 2 unspecified atom stereocenters. The fourth-order valence-corrected chi connectivity index (χ4v) is 1.99. The zero-order chi connectivity index (χ0) is 11.3. The molecule has 0 aliphatic heterocycles. The molecule has 1 rings (SSSR count). The van der Waals surface area contributed by atoms with E-state index >= 15 is 0 Å². The molecule has 0 saturated heterocycles. The minimum atomic E-state index is 0.218. The summed E-state index contributed by atoms with van der Waals surface area (Å²) in [6.07, 6.45) is 5.06. The van der Waals surface area contributed by atoms with Gasteiger partial charge in [-0.2, -0.15) is 0 Å². The molecule has 0 spiro atoms. The van der Waals surface area contributed by atoms with Crippen molar-refractivity contribution in [1.29, 1.82) is 0 Å². The molecule has 0 aliphatic carbocycles. The molecule has 0 saturated carbocycles. The molecule has 1 heterocycles. The Hall–Kier alpha value is -0.560. The number of hydrogen-bond donors (Lipinski definition) is 0. The largest absolute Gasteiger partial charge is 0.261 e. The summed E-state index contributed by atoms with van der Waals surface area (Å²) in [6, 6.07) is 4.16. The van der Waals surface area contributed by atoms with Gasteiger partial charge in [0.25, 0.3) is 0 Å². The van der Waals surface area contributed by atoms with Crippen LogP contribution in [0.25, 0.3) is 0 Å². The van der Waals surface area contributed by atoms with Crippen LogP contribution in [0.4, 0.5) is 0 Å². The Balaban J connectivity index is 2.44. The average Bonchev–Trinajstić information content (AvgIpc) is 2.21. The minimum Gasteiger partial charge on any atom is -0.261 e. The highest BCUT2D eigenvalue weighted by molar-refractivity contribution is 6.20. The van der Waals surface area contributed by atoms with E-state index in [1.165, 1.54) is 12.0 Å². The van der Waals surface area contributed by atoms with Crippen molar-refractivity contribution in [3.63, 3.8) is 0 Å². The van der Waals surface area contributed by atoms with Crippen LogP contribution in [0.3, 0.4) is 0 Å². The van der Waals surface area contributed by atoms with E-state index in [0.29, 0.717) is 5.92 Å². The van der Waals surface area contributed by atoms with Gasteiger partial charge in [-0.05, 0) is 30.9 Å². The van der Waals surface area contributed by atoms with Crippen molar-refractivity contribution in [2.45, 2.75) is 45.4 Å². The lowest BCUT2D eigenvalue weighted by Gasteiger charge is -2.13. The van der Waals surface area contributed by atoms with Gasteiger partial charge in [0, 0.05) is 23.7 Å². The first-order valence-electron chi connectivity index (χ1n) is 5.67. The zero-order valence-corrected chi connectivity index (χ0v) is 10.6. The average molecular weight is 226 g/mol. The summed E-state index contributed by atoms with van der Waals surface area (Å²) in [5.74, 6) is 0.706. The lowest BCUT2D eigenvalue weighted by atomic mass is 10.0. The van der Waals surface area contributed by atoms with Gasteiger partial charge >= 0.3 is 0 Å². The van der Waals surface area contributed by atoms with Crippen LogP contribution in [0, 0.1) is 12.8 Å². The van der Waals surface area contributed by atoms with Gasteiger partial charge in [-0.1, -0.05) is 26.3 Å². The molecule has 1 aromatic heterocycles. The Morgan fingerprint density at radius 1 is 1.40 bits per heavy atom. The van der Waals surface area contributed by atoms with Gasteiger partial charge in [0.15, 0.2) is 0 Å². The molecule has 2 atom stereocenters. The highest BCUT2D eigenvalue weighted by atomic mass is 35.5. The third-order valence-electron chi connectivity index (χ3n) is 2.76. The highest BCUT2D eigenvalue weighted by Crippen LogP contribution is 2.17. The van der Waals surface area contributed by atoms with Crippen molar-refractivity contribution in [2.75, 3.05) is 0 Å². The van der Waals surface area contributed by atoms with E-state index in [9.17, 15) is 0 Å². The van der Waals surface area contributed by atoms with Gasteiger partial charge < -0.3 is 0 Å². The van der Waals surface area contributed by atoms with Crippen molar-refractivity contribution in [3.8, 4) is 0 Å². The Kier molecular flexibility index (Phi) is 5.10. The maximum Gasteiger partial charge on any atom is 0.0418 e. The van der Waals surface area contributed by atoms with Gasteiger partial charge in [-0.3, -0.25) is 4.98 Å². The highest BCUT2D eigenvalue weighted by Gasteiger charge is 2.10. The number of alkyl halides is 1. The quantitative estimate of drug-likeness (QED) is 0.691. The summed E-state index contributed by atoms with van der Waals surface area (Å²) in [4.78, 5) is 4.37. The van der Waals surface area contributed by atoms with Crippen molar-refractivity contribution >= 4 is 11.6 Å². The Morgan fingerprint density at radius 3 is 2.67 bits per heavy atom. The van der Waals surface area contributed by atoms with Crippen LogP contribution in [0.2, 0.25) is 0 Å². The van der Waals surface area contributed by atoms with Gasteiger partial charge in [0.2, 0.25) is 0 Å². The number of hydrogen-bond acceptors (Lipinski definition) is 1. The second-order valence-corrected chi connectivity index (χ2v) is 4.99. The lowest BCUT2D eigenvalue weighted by Crippen LogP contribution is -2.09. The van der Waals surface area contributed by atoms with E-state index in [1.54, 1.807) is 0 Å². The molecular formula is C13H20ClN. The third-order valence-corrected chi connectivity index (χ3v) is 3.09. The van der Waals surface area contributed by atoms with E-state index in [-0.39, 0.29) is 5.38 Å².